The molecule has 1 unspecified atom stereocenters. The van der Waals surface area contributed by atoms with Gasteiger partial charge >= 0.3 is 0 Å². The summed E-state index contributed by atoms with van der Waals surface area (Å²) in [5, 5.41) is 4.03. The molecule has 1 fully saturated rings. The van der Waals surface area contributed by atoms with E-state index < -0.39 is 0 Å². The first-order chi connectivity index (χ1) is 14.6. The van der Waals surface area contributed by atoms with Crippen LogP contribution in [0.25, 0.3) is 11.4 Å². The average molecular weight is 402 g/mol. The Morgan fingerprint density at radius 3 is 2.80 bits per heavy atom. The standard InChI is InChI=1S/C24H26N4O2/c1-16(2)20-13-19(27-30-20)23(29)28-12-6-10-24(15-28)11-9-18-14-25-22(26-21(18)24)17-7-4-3-5-8-17/h3-5,7-8,13-14,16H,6,9-12,15H2,1-2H3. The maximum atomic E-state index is 13.1. The number of likely N-dealkylation sites (tertiary alicyclic amines) is 1. The number of nitrogens with zero attached hydrogens (tertiary/aromatic N) is 4. The van der Waals surface area contributed by atoms with Crippen molar-refractivity contribution in [2.75, 3.05) is 13.1 Å². The molecule has 0 N–H and O–H groups in total. The fourth-order valence-electron chi connectivity index (χ4n) is 4.79. The number of benzene rings is 1. The highest BCUT2D eigenvalue weighted by molar-refractivity contribution is 5.92. The summed E-state index contributed by atoms with van der Waals surface area (Å²) >= 11 is 0. The van der Waals surface area contributed by atoms with Crippen molar-refractivity contribution in [3.63, 3.8) is 0 Å². The summed E-state index contributed by atoms with van der Waals surface area (Å²) in [4.78, 5) is 24.7. The van der Waals surface area contributed by atoms with Crippen molar-refractivity contribution in [1.82, 2.24) is 20.0 Å². The zero-order valence-corrected chi connectivity index (χ0v) is 17.5. The Labute approximate surface area is 176 Å². The van der Waals surface area contributed by atoms with Crippen LogP contribution in [0.3, 0.4) is 0 Å². The van der Waals surface area contributed by atoms with E-state index in [1.807, 2.05) is 55.3 Å². The monoisotopic (exact) mass is 402 g/mol. The lowest BCUT2D eigenvalue weighted by atomic mass is 9.77. The van der Waals surface area contributed by atoms with E-state index in [0.29, 0.717) is 12.2 Å². The Hall–Kier alpha value is -3.02. The van der Waals surface area contributed by atoms with Crippen molar-refractivity contribution in [2.24, 2.45) is 0 Å². The summed E-state index contributed by atoms with van der Waals surface area (Å²) in [5.74, 6) is 1.67. The topological polar surface area (TPSA) is 72.1 Å². The second-order valence-corrected chi connectivity index (χ2v) is 8.81. The molecule has 6 nitrogen and oxygen atoms in total. The zero-order valence-electron chi connectivity index (χ0n) is 17.5. The second-order valence-electron chi connectivity index (χ2n) is 8.81. The molecule has 2 aromatic heterocycles. The molecular formula is C24H26N4O2. The lowest BCUT2D eigenvalue weighted by Gasteiger charge is -2.40. The Kier molecular flexibility index (Phi) is 4.65. The molecule has 1 amide bonds. The number of piperidine rings is 1. The second kappa shape index (κ2) is 7.35. The van der Waals surface area contributed by atoms with Gasteiger partial charge in [0.05, 0.1) is 5.69 Å². The molecule has 0 radical (unpaired) electrons. The van der Waals surface area contributed by atoms with Crippen LogP contribution in [0.5, 0.6) is 0 Å². The summed E-state index contributed by atoms with van der Waals surface area (Å²) in [5.41, 5.74) is 3.67. The number of amides is 1. The Bertz CT molecular complexity index is 1070. The Morgan fingerprint density at radius 1 is 1.20 bits per heavy atom. The molecule has 3 heterocycles. The van der Waals surface area contributed by atoms with Crippen molar-refractivity contribution in [3.05, 3.63) is 65.3 Å². The molecule has 0 saturated carbocycles. The lowest BCUT2D eigenvalue weighted by Crippen LogP contribution is -2.48. The van der Waals surface area contributed by atoms with Gasteiger partial charge in [-0.25, -0.2) is 9.97 Å². The first-order valence-electron chi connectivity index (χ1n) is 10.7. The van der Waals surface area contributed by atoms with E-state index in [2.05, 4.69) is 10.1 Å². The van der Waals surface area contributed by atoms with Crippen LogP contribution in [0.4, 0.5) is 0 Å². The molecule has 154 valence electrons. The normalized spacial score (nSPS) is 20.7. The van der Waals surface area contributed by atoms with E-state index in [4.69, 9.17) is 9.51 Å². The van der Waals surface area contributed by atoms with E-state index in [9.17, 15) is 4.79 Å². The van der Waals surface area contributed by atoms with Crippen LogP contribution in [0, 0.1) is 0 Å². The van der Waals surface area contributed by atoms with Crippen LogP contribution >= 0.6 is 0 Å². The van der Waals surface area contributed by atoms with Gasteiger partial charge in [-0.3, -0.25) is 4.79 Å². The highest BCUT2D eigenvalue weighted by Crippen LogP contribution is 2.44. The Balaban J connectivity index is 1.44. The van der Waals surface area contributed by atoms with E-state index >= 15 is 0 Å². The molecule has 1 saturated heterocycles. The van der Waals surface area contributed by atoms with Gasteiger partial charge < -0.3 is 9.42 Å². The number of carbonyl (C=O) groups excluding carboxylic acids is 1. The van der Waals surface area contributed by atoms with Crippen LogP contribution in [0.2, 0.25) is 0 Å². The predicted molar refractivity (Wildman–Crippen MR) is 113 cm³/mol. The molecule has 5 rings (SSSR count). The molecule has 0 bridgehead atoms. The molecule has 2 aliphatic rings. The SMILES string of the molecule is CC(C)c1cc(C(=O)N2CCCC3(CCc4cnc(-c5ccccc5)nc43)C2)no1. The summed E-state index contributed by atoms with van der Waals surface area (Å²) in [7, 11) is 0. The summed E-state index contributed by atoms with van der Waals surface area (Å²) in [6, 6.07) is 11.9. The van der Waals surface area contributed by atoms with E-state index in [-0.39, 0.29) is 17.2 Å². The molecular weight excluding hydrogens is 376 g/mol. The van der Waals surface area contributed by atoms with E-state index in [0.717, 1.165) is 55.1 Å². The third kappa shape index (κ3) is 3.20. The van der Waals surface area contributed by atoms with Crippen LogP contribution in [0.1, 0.15) is 66.5 Å². The minimum atomic E-state index is -0.0969. The molecule has 1 aliphatic heterocycles. The van der Waals surface area contributed by atoms with Crippen molar-refractivity contribution in [2.45, 2.75) is 50.9 Å². The number of carbonyl (C=O) groups is 1. The fraction of sp³-hybridized carbons (Fsp3) is 0.417. The highest BCUT2D eigenvalue weighted by atomic mass is 16.5. The number of rotatable bonds is 3. The first-order valence-corrected chi connectivity index (χ1v) is 10.7. The highest BCUT2D eigenvalue weighted by Gasteiger charge is 2.45. The molecule has 1 spiro atoms. The van der Waals surface area contributed by atoms with Gasteiger partial charge in [0.25, 0.3) is 5.91 Å². The maximum Gasteiger partial charge on any atom is 0.276 e. The van der Waals surface area contributed by atoms with Crippen molar-refractivity contribution in [1.29, 1.82) is 0 Å². The minimum absolute atomic E-state index is 0.0458. The van der Waals surface area contributed by atoms with Crippen molar-refractivity contribution < 1.29 is 9.32 Å². The van der Waals surface area contributed by atoms with Gasteiger partial charge in [0.1, 0.15) is 5.76 Å². The quantitative estimate of drug-likeness (QED) is 0.650. The van der Waals surface area contributed by atoms with Crippen LogP contribution in [0.15, 0.2) is 47.1 Å². The van der Waals surface area contributed by atoms with Crippen LogP contribution < -0.4 is 0 Å². The Morgan fingerprint density at radius 2 is 2.03 bits per heavy atom. The van der Waals surface area contributed by atoms with Gasteiger partial charge in [-0.2, -0.15) is 0 Å². The summed E-state index contributed by atoms with van der Waals surface area (Å²) in [6.07, 6.45) is 5.96. The van der Waals surface area contributed by atoms with Gasteiger partial charge in [0.15, 0.2) is 11.5 Å². The number of hydrogen-bond donors (Lipinski definition) is 0. The maximum absolute atomic E-state index is 13.1. The number of fused-ring (bicyclic) bond motifs is 2. The third-order valence-corrected chi connectivity index (χ3v) is 6.45. The molecule has 1 atom stereocenters. The predicted octanol–water partition coefficient (Wildman–Crippen LogP) is 4.38. The van der Waals surface area contributed by atoms with Crippen LogP contribution in [-0.4, -0.2) is 39.0 Å². The number of hydrogen-bond acceptors (Lipinski definition) is 5. The smallest absolute Gasteiger partial charge is 0.276 e. The lowest BCUT2D eigenvalue weighted by molar-refractivity contribution is 0.0623. The van der Waals surface area contributed by atoms with Gasteiger partial charge in [-0.15, -0.1) is 0 Å². The third-order valence-electron chi connectivity index (χ3n) is 6.45. The molecule has 6 heteroatoms. The molecule has 1 aromatic carbocycles. The van der Waals surface area contributed by atoms with E-state index in [1.165, 1.54) is 5.56 Å². The molecule has 1 aliphatic carbocycles. The molecule has 3 aromatic rings. The summed E-state index contributed by atoms with van der Waals surface area (Å²) in [6.45, 7) is 5.48. The summed E-state index contributed by atoms with van der Waals surface area (Å²) < 4.78 is 5.36. The average Bonchev–Trinajstić information content (AvgIpc) is 3.40. The first kappa shape index (κ1) is 19.0. The van der Waals surface area contributed by atoms with E-state index in [1.54, 1.807) is 6.07 Å². The number of aromatic nitrogens is 3. The van der Waals surface area contributed by atoms with Gasteiger partial charge in [-0.05, 0) is 31.2 Å². The van der Waals surface area contributed by atoms with Gasteiger partial charge in [0.2, 0.25) is 0 Å². The van der Waals surface area contributed by atoms with Crippen molar-refractivity contribution >= 4 is 5.91 Å². The number of aryl methyl sites for hydroxylation is 1. The fourth-order valence-corrected chi connectivity index (χ4v) is 4.79. The van der Waals surface area contributed by atoms with Crippen molar-refractivity contribution in [3.8, 4) is 11.4 Å². The largest absolute Gasteiger partial charge is 0.360 e. The van der Waals surface area contributed by atoms with Gasteiger partial charge in [-0.1, -0.05) is 49.3 Å². The molecule has 30 heavy (non-hydrogen) atoms. The minimum Gasteiger partial charge on any atom is -0.360 e. The van der Waals surface area contributed by atoms with Gasteiger partial charge in [0, 0.05) is 42.2 Å². The zero-order chi connectivity index (χ0) is 20.7. The van der Waals surface area contributed by atoms with Crippen LogP contribution in [-0.2, 0) is 11.8 Å².